The van der Waals surface area contributed by atoms with E-state index in [9.17, 15) is 4.39 Å². The minimum atomic E-state index is -0.296. The van der Waals surface area contributed by atoms with Crippen LogP contribution in [0.15, 0.2) is 42.5 Å². The van der Waals surface area contributed by atoms with Crippen molar-refractivity contribution >= 4 is 11.6 Å². The van der Waals surface area contributed by atoms with Crippen LogP contribution in [0, 0.1) is 5.82 Å². The van der Waals surface area contributed by atoms with Crippen LogP contribution >= 0.6 is 11.6 Å². The molecule has 18 heavy (non-hydrogen) atoms. The van der Waals surface area contributed by atoms with Crippen molar-refractivity contribution in [3.8, 4) is 11.5 Å². The van der Waals surface area contributed by atoms with Crippen LogP contribution in [0.4, 0.5) is 4.39 Å². The zero-order chi connectivity index (χ0) is 13.0. The third kappa shape index (κ3) is 3.00. The molecule has 0 amide bonds. The van der Waals surface area contributed by atoms with Gasteiger partial charge in [-0.25, -0.2) is 4.39 Å². The Kier molecular flexibility index (Phi) is 4.18. The molecule has 2 aromatic carbocycles. The van der Waals surface area contributed by atoms with Crippen LogP contribution in [0.3, 0.4) is 0 Å². The van der Waals surface area contributed by atoms with Crippen molar-refractivity contribution in [3.05, 3.63) is 58.9 Å². The van der Waals surface area contributed by atoms with Gasteiger partial charge in [-0.3, -0.25) is 0 Å². The van der Waals surface area contributed by atoms with E-state index in [4.69, 9.17) is 22.1 Å². The molecule has 0 aliphatic rings. The van der Waals surface area contributed by atoms with Crippen LogP contribution in [0.25, 0.3) is 0 Å². The molecule has 2 aromatic rings. The summed E-state index contributed by atoms with van der Waals surface area (Å²) in [4.78, 5) is 0. The van der Waals surface area contributed by atoms with Gasteiger partial charge in [0.2, 0.25) is 0 Å². The zero-order valence-electron chi connectivity index (χ0n) is 9.70. The van der Waals surface area contributed by atoms with Crippen LogP contribution in [-0.2, 0) is 6.42 Å². The molecule has 4 heteroatoms. The van der Waals surface area contributed by atoms with E-state index in [1.807, 2.05) is 6.07 Å². The molecule has 0 atom stereocenters. The predicted octanol–water partition coefficient (Wildman–Crippen LogP) is 3.77. The predicted molar refractivity (Wildman–Crippen MR) is 70.7 cm³/mol. The molecule has 2 nitrogen and oxygen atoms in total. The minimum absolute atomic E-state index is 0.296. The maximum Gasteiger partial charge on any atom is 0.132 e. The second-order valence-electron chi connectivity index (χ2n) is 3.81. The van der Waals surface area contributed by atoms with E-state index in [1.54, 1.807) is 24.3 Å². The summed E-state index contributed by atoms with van der Waals surface area (Å²) in [6.07, 6.45) is 0.635. The Balaban J connectivity index is 2.28. The quantitative estimate of drug-likeness (QED) is 0.913. The largest absolute Gasteiger partial charge is 0.457 e. The van der Waals surface area contributed by atoms with Crippen LogP contribution in [0.2, 0.25) is 5.02 Å². The highest BCUT2D eigenvalue weighted by molar-refractivity contribution is 6.31. The first-order chi connectivity index (χ1) is 8.70. The lowest BCUT2D eigenvalue weighted by atomic mass is 10.1. The van der Waals surface area contributed by atoms with Crippen molar-refractivity contribution in [1.29, 1.82) is 0 Å². The first kappa shape index (κ1) is 12.9. The van der Waals surface area contributed by atoms with E-state index in [-0.39, 0.29) is 5.82 Å². The molecule has 0 aromatic heterocycles. The Hall–Kier alpha value is -1.58. The number of hydrogen-bond acceptors (Lipinski definition) is 2. The van der Waals surface area contributed by atoms with E-state index in [0.717, 1.165) is 5.56 Å². The van der Waals surface area contributed by atoms with Gasteiger partial charge in [-0.2, -0.15) is 0 Å². The summed E-state index contributed by atoms with van der Waals surface area (Å²) in [5.41, 5.74) is 6.41. The molecular weight excluding hydrogens is 253 g/mol. The summed E-state index contributed by atoms with van der Waals surface area (Å²) in [5, 5.41) is 0.625. The molecular formula is C14H13ClFNO. The van der Waals surface area contributed by atoms with Crippen LogP contribution in [0.5, 0.6) is 11.5 Å². The van der Waals surface area contributed by atoms with Gasteiger partial charge in [0.1, 0.15) is 17.3 Å². The number of nitrogens with two attached hydrogens (primary N) is 1. The molecule has 0 aliphatic heterocycles. The average molecular weight is 266 g/mol. The summed E-state index contributed by atoms with van der Waals surface area (Å²) in [5.74, 6) is 0.923. The minimum Gasteiger partial charge on any atom is -0.457 e. The summed E-state index contributed by atoms with van der Waals surface area (Å²) in [6.45, 7) is 0.490. The molecule has 0 saturated heterocycles. The van der Waals surface area contributed by atoms with Gasteiger partial charge in [0.05, 0.1) is 0 Å². The van der Waals surface area contributed by atoms with Gasteiger partial charge in [-0.15, -0.1) is 0 Å². The summed E-state index contributed by atoms with van der Waals surface area (Å²) >= 11 is 6.10. The second kappa shape index (κ2) is 5.85. The topological polar surface area (TPSA) is 35.2 Å². The molecule has 94 valence electrons. The third-order valence-corrected chi connectivity index (χ3v) is 2.87. The lowest BCUT2D eigenvalue weighted by molar-refractivity contribution is 0.474. The van der Waals surface area contributed by atoms with Crippen molar-refractivity contribution in [1.82, 2.24) is 0 Å². The van der Waals surface area contributed by atoms with Crippen molar-refractivity contribution in [2.24, 2.45) is 5.73 Å². The number of hydrogen-bond donors (Lipinski definition) is 1. The number of ether oxygens (including phenoxy) is 1. The van der Waals surface area contributed by atoms with Gasteiger partial charge in [0, 0.05) is 10.6 Å². The van der Waals surface area contributed by atoms with Crippen LogP contribution < -0.4 is 10.5 Å². The number of halogens is 2. The standard InChI is InChI=1S/C14H13ClFNO/c15-13-2-1-3-14(12(13)8-9-17)18-11-6-4-10(16)5-7-11/h1-7H,8-9,17H2. The highest BCUT2D eigenvalue weighted by Gasteiger charge is 2.08. The Morgan fingerprint density at radius 3 is 2.50 bits per heavy atom. The number of rotatable bonds is 4. The van der Waals surface area contributed by atoms with Crippen molar-refractivity contribution in [2.45, 2.75) is 6.42 Å². The van der Waals surface area contributed by atoms with Gasteiger partial charge in [0.15, 0.2) is 0 Å². The molecule has 0 fully saturated rings. The third-order valence-electron chi connectivity index (χ3n) is 2.51. The maximum absolute atomic E-state index is 12.8. The van der Waals surface area contributed by atoms with Crippen molar-refractivity contribution in [2.75, 3.05) is 6.54 Å². The highest BCUT2D eigenvalue weighted by Crippen LogP contribution is 2.30. The van der Waals surface area contributed by atoms with Gasteiger partial charge in [0.25, 0.3) is 0 Å². The molecule has 0 aliphatic carbocycles. The van der Waals surface area contributed by atoms with E-state index < -0.39 is 0 Å². The zero-order valence-corrected chi connectivity index (χ0v) is 10.5. The summed E-state index contributed by atoms with van der Waals surface area (Å²) < 4.78 is 18.5. The molecule has 0 heterocycles. The van der Waals surface area contributed by atoms with Gasteiger partial charge < -0.3 is 10.5 Å². The normalized spacial score (nSPS) is 10.4. The molecule has 2 N–H and O–H groups in total. The second-order valence-corrected chi connectivity index (χ2v) is 4.22. The van der Waals surface area contributed by atoms with E-state index in [1.165, 1.54) is 12.1 Å². The molecule has 0 unspecified atom stereocenters. The fourth-order valence-electron chi connectivity index (χ4n) is 1.65. The van der Waals surface area contributed by atoms with E-state index >= 15 is 0 Å². The Bertz CT molecular complexity index is 528. The Morgan fingerprint density at radius 1 is 1.11 bits per heavy atom. The smallest absolute Gasteiger partial charge is 0.132 e. The maximum atomic E-state index is 12.8. The monoisotopic (exact) mass is 265 g/mol. The first-order valence-corrected chi connectivity index (χ1v) is 5.99. The van der Waals surface area contributed by atoms with Gasteiger partial charge >= 0.3 is 0 Å². The first-order valence-electron chi connectivity index (χ1n) is 5.61. The van der Waals surface area contributed by atoms with Crippen LogP contribution in [-0.4, -0.2) is 6.54 Å². The molecule has 0 saturated carbocycles. The van der Waals surface area contributed by atoms with E-state index in [0.29, 0.717) is 29.5 Å². The van der Waals surface area contributed by atoms with Crippen molar-refractivity contribution < 1.29 is 9.13 Å². The lowest BCUT2D eigenvalue weighted by Crippen LogP contribution is -2.04. The van der Waals surface area contributed by atoms with Crippen LogP contribution in [0.1, 0.15) is 5.56 Å². The molecule has 0 spiro atoms. The average Bonchev–Trinajstić information content (AvgIpc) is 2.36. The highest BCUT2D eigenvalue weighted by atomic mass is 35.5. The van der Waals surface area contributed by atoms with Crippen molar-refractivity contribution in [3.63, 3.8) is 0 Å². The summed E-state index contributed by atoms with van der Waals surface area (Å²) in [6, 6.07) is 11.3. The summed E-state index contributed by atoms with van der Waals surface area (Å²) in [7, 11) is 0. The molecule has 2 rings (SSSR count). The van der Waals surface area contributed by atoms with Gasteiger partial charge in [-0.05, 0) is 49.4 Å². The Labute approximate surface area is 110 Å². The fourth-order valence-corrected chi connectivity index (χ4v) is 1.91. The fraction of sp³-hybridized carbons (Fsp3) is 0.143. The van der Waals surface area contributed by atoms with Gasteiger partial charge in [-0.1, -0.05) is 17.7 Å². The van der Waals surface area contributed by atoms with E-state index in [2.05, 4.69) is 0 Å². The molecule has 0 radical (unpaired) electrons. The number of benzene rings is 2. The lowest BCUT2D eigenvalue weighted by Gasteiger charge is -2.12. The molecule has 0 bridgehead atoms. The Morgan fingerprint density at radius 2 is 1.83 bits per heavy atom. The SMILES string of the molecule is NCCc1c(Cl)cccc1Oc1ccc(F)cc1.